The van der Waals surface area contributed by atoms with Crippen LogP contribution in [0.25, 0.3) is 0 Å². The number of nitriles is 1. The highest BCUT2D eigenvalue weighted by atomic mass is 35.5. The molecule has 9 heteroatoms. The van der Waals surface area contributed by atoms with Gasteiger partial charge < -0.3 is 15.1 Å². The Balaban J connectivity index is 1.78. The molecule has 1 N–H and O–H groups in total. The monoisotopic (exact) mass is 434 g/mol. The number of halogens is 4. The largest absolute Gasteiger partial charge is 0.471 e. The number of hydrogen-bond donors (Lipinski definition) is 1. The van der Waals surface area contributed by atoms with Gasteiger partial charge in [0.2, 0.25) is 0 Å². The van der Waals surface area contributed by atoms with Gasteiger partial charge in [-0.2, -0.15) is 18.4 Å². The van der Waals surface area contributed by atoms with Gasteiger partial charge in [0.05, 0.1) is 28.0 Å². The molecule has 0 unspecified atom stereocenters. The average molecular weight is 435 g/mol. The van der Waals surface area contributed by atoms with Crippen LogP contribution in [0.4, 0.5) is 30.2 Å². The van der Waals surface area contributed by atoms with Gasteiger partial charge in [-0.05, 0) is 36.6 Å². The summed E-state index contributed by atoms with van der Waals surface area (Å²) < 4.78 is 38.2. The lowest BCUT2D eigenvalue weighted by Gasteiger charge is -2.41. The van der Waals surface area contributed by atoms with Crippen LogP contribution in [0.2, 0.25) is 5.02 Å². The summed E-state index contributed by atoms with van der Waals surface area (Å²) in [5.41, 5.74) is 3.79. The van der Waals surface area contributed by atoms with Crippen LogP contribution < -0.4 is 15.1 Å². The first-order valence-electron chi connectivity index (χ1n) is 9.41. The summed E-state index contributed by atoms with van der Waals surface area (Å²) in [4.78, 5) is 15.5. The first-order chi connectivity index (χ1) is 14.2. The van der Waals surface area contributed by atoms with Crippen LogP contribution in [0.5, 0.6) is 0 Å². The molecule has 2 aliphatic heterocycles. The van der Waals surface area contributed by atoms with Crippen molar-refractivity contribution >= 4 is 34.6 Å². The molecule has 2 atom stereocenters. The summed E-state index contributed by atoms with van der Waals surface area (Å²) >= 11 is 6.30. The first kappa shape index (κ1) is 20.4. The van der Waals surface area contributed by atoms with Crippen molar-refractivity contribution in [2.24, 2.45) is 0 Å². The number of carbonyl (C=O) groups excluding carboxylic acids is 1. The van der Waals surface area contributed by atoms with Crippen molar-refractivity contribution in [2.75, 3.05) is 23.4 Å². The lowest BCUT2D eigenvalue weighted by molar-refractivity contribution is -0.174. The first-order valence-corrected chi connectivity index (χ1v) is 9.79. The molecule has 4 rings (SSSR count). The van der Waals surface area contributed by atoms with Gasteiger partial charge in [0.1, 0.15) is 6.07 Å². The third kappa shape index (κ3) is 3.43. The Morgan fingerprint density at radius 1 is 1.23 bits per heavy atom. The highest BCUT2D eigenvalue weighted by Crippen LogP contribution is 2.49. The zero-order valence-corrected chi connectivity index (χ0v) is 16.8. The van der Waals surface area contributed by atoms with Crippen molar-refractivity contribution < 1.29 is 18.0 Å². The van der Waals surface area contributed by atoms with E-state index >= 15 is 0 Å². The number of amides is 1. The topological polar surface area (TPSA) is 59.4 Å². The summed E-state index contributed by atoms with van der Waals surface area (Å²) in [7, 11) is 1.88. The lowest BCUT2D eigenvalue weighted by atomic mass is 9.90. The standard InChI is InChI=1S/C21H18ClF3N4O/c1-28-16-5-3-2-4-14(16)17-9-13(27-20(30)21(23,24)25)6-7-29(17)19-10-15(22)12(11-26)8-18(19)28/h2-5,8,10,13,17H,6-7,9H2,1H3,(H,27,30)/t13-,17+/m0/s1. The van der Waals surface area contributed by atoms with E-state index in [2.05, 4.69) is 16.3 Å². The van der Waals surface area contributed by atoms with E-state index in [1.807, 2.05) is 36.2 Å². The summed E-state index contributed by atoms with van der Waals surface area (Å²) in [5.74, 6) is -1.91. The predicted octanol–water partition coefficient (Wildman–Crippen LogP) is 4.68. The van der Waals surface area contributed by atoms with E-state index in [4.69, 9.17) is 11.6 Å². The third-order valence-electron chi connectivity index (χ3n) is 5.71. The molecule has 5 nitrogen and oxygen atoms in total. The molecule has 1 amide bonds. The molecule has 0 aliphatic carbocycles. The molecule has 1 fully saturated rings. The average Bonchev–Trinajstić information content (AvgIpc) is 2.81. The van der Waals surface area contributed by atoms with Gasteiger partial charge in [0, 0.05) is 25.3 Å². The number of nitrogens with one attached hydrogen (secondary N) is 1. The lowest BCUT2D eigenvalue weighted by Crippen LogP contribution is -2.49. The predicted molar refractivity (Wildman–Crippen MR) is 108 cm³/mol. The Morgan fingerprint density at radius 2 is 1.97 bits per heavy atom. The van der Waals surface area contributed by atoms with Crippen molar-refractivity contribution in [1.82, 2.24) is 5.32 Å². The van der Waals surface area contributed by atoms with Gasteiger partial charge in [-0.1, -0.05) is 29.8 Å². The van der Waals surface area contributed by atoms with Crippen molar-refractivity contribution in [3.8, 4) is 6.07 Å². The van der Waals surface area contributed by atoms with E-state index in [9.17, 15) is 23.2 Å². The number of benzene rings is 2. The Labute approximate surface area is 176 Å². The zero-order valence-electron chi connectivity index (χ0n) is 16.0. The van der Waals surface area contributed by atoms with Crippen LogP contribution in [0.1, 0.15) is 30.0 Å². The van der Waals surface area contributed by atoms with Gasteiger partial charge in [0.25, 0.3) is 0 Å². The molecule has 0 saturated carbocycles. The number of alkyl halides is 3. The Kier molecular flexibility index (Phi) is 5.02. The number of nitrogens with zero attached hydrogens (tertiary/aromatic N) is 3. The molecular formula is C21H18ClF3N4O. The van der Waals surface area contributed by atoms with E-state index in [0.29, 0.717) is 30.0 Å². The maximum absolute atomic E-state index is 12.7. The fraction of sp³-hybridized carbons (Fsp3) is 0.333. The van der Waals surface area contributed by atoms with Crippen molar-refractivity contribution in [2.45, 2.75) is 31.1 Å². The van der Waals surface area contributed by atoms with Gasteiger partial charge in [-0.15, -0.1) is 0 Å². The van der Waals surface area contributed by atoms with Crippen LogP contribution in [0.15, 0.2) is 36.4 Å². The smallest absolute Gasteiger partial charge is 0.363 e. The van der Waals surface area contributed by atoms with E-state index in [1.165, 1.54) is 0 Å². The zero-order chi connectivity index (χ0) is 21.6. The number of anilines is 3. The number of piperidine rings is 1. The minimum absolute atomic E-state index is 0.249. The molecule has 1 saturated heterocycles. The highest BCUT2D eigenvalue weighted by Gasteiger charge is 2.42. The Morgan fingerprint density at radius 3 is 2.67 bits per heavy atom. The second-order valence-corrected chi connectivity index (χ2v) is 7.86. The molecular weight excluding hydrogens is 417 g/mol. The van der Waals surface area contributed by atoms with Gasteiger partial charge in [-0.3, -0.25) is 4.79 Å². The Hall–Kier alpha value is -2.92. The Bertz CT molecular complexity index is 1050. The third-order valence-corrected chi connectivity index (χ3v) is 6.02. The molecule has 2 aromatic rings. The number of para-hydroxylation sites is 1. The fourth-order valence-electron chi connectivity index (χ4n) is 4.29. The number of fused-ring (bicyclic) bond motifs is 5. The summed E-state index contributed by atoms with van der Waals surface area (Å²) in [6.07, 6.45) is -4.22. The second-order valence-electron chi connectivity index (χ2n) is 7.45. The molecule has 156 valence electrons. The van der Waals surface area contributed by atoms with Crippen LogP contribution >= 0.6 is 11.6 Å². The SMILES string of the molecule is CN1c2ccccc2[C@H]2C[C@@H](NC(=O)C(F)(F)F)CCN2c2cc(Cl)c(C#N)cc21. The van der Waals surface area contributed by atoms with Crippen LogP contribution in [-0.2, 0) is 4.79 Å². The summed E-state index contributed by atoms with van der Waals surface area (Å²) in [5, 5.41) is 11.8. The van der Waals surface area contributed by atoms with Gasteiger partial charge in [-0.25, -0.2) is 0 Å². The summed E-state index contributed by atoms with van der Waals surface area (Å²) in [6, 6.07) is 12.3. The van der Waals surface area contributed by atoms with Crippen LogP contribution in [0.3, 0.4) is 0 Å². The molecule has 0 aromatic heterocycles. The highest BCUT2D eigenvalue weighted by molar-refractivity contribution is 6.32. The quantitative estimate of drug-likeness (QED) is 0.708. The fourth-order valence-corrected chi connectivity index (χ4v) is 4.49. The molecule has 2 heterocycles. The second kappa shape index (κ2) is 7.40. The number of hydrogen-bond acceptors (Lipinski definition) is 4. The molecule has 30 heavy (non-hydrogen) atoms. The van der Waals surface area contributed by atoms with E-state index in [0.717, 1.165) is 22.6 Å². The molecule has 0 radical (unpaired) electrons. The number of rotatable bonds is 1. The van der Waals surface area contributed by atoms with Gasteiger partial charge >= 0.3 is 12.1 Å². The maximum Gasteiger partial charge on any atom is 0.471 e. The van der Waals surface area contributed by atoms with Crippen molar-refractivity contribution in [1.29, 1.82) is 5.26 Å². The maximum atomic E-state index is 12.7. The number of carbonyl (C=O) groups is 1. The van der Waals surface area contributed by atoms with Crippen molar-refractivity contribution in [3.63, 3.8) is 0 Å². The van der Waals surface area contributed by atoms with Crippen molar-refractivity contribution in [3.05, 3.63) is 52.5 Å². The minimum atomic E-state index is -4.91. The summed E-state index contributed by atoms with van der Waals surface area (Å²) in [6.45, 7) is 0.435. The molecule has 2 aliphatic rings. The normalized spacial score (nSPS) is 20.4. The minimum Gasteiger partial charge on any atom is -0.363 e. The van der Waals surface area contributed by atoms with Crippen LogP contribution in [-0.4, -0.2) is 31.7 Å². The van der Waals surface area contributed by atoms with E-state index < -0.39 is 18.1 Å². The van der Waals surface area contributed by atoms with Gasteiger partial charge in [0.15, 0.2) is 0 Å². The molecule has 2 aromatic carbocycles. The molecule has 0 bridgehead atoms. The molecule has 0 spiro atoms. The van der Waals surface area contributed by atoms with E-state index in [1.54, 1.807) is 12.1 Å². The van der Waals surface area contributed by atoms with Crippen LogP contribution in [0, 0.1) is 11.3 Å². The van der Waals surface area contributed by atoms with E-state index in [-0.39, 0.29) is 6.04 Å².